The van der Waals surface area contributed by atoms with Crippen LogP contribution in [-0.4, -0.2) is 38.8 Å². The minimum Gasteiger partial charge on any atom is -0.481 e. The Balaban J connectivity index is 1.87. The zero-order chi connectivity index (χ0) is 15.0. The molecule has 6 heteroatoms. The van der Waals surface area contributed by atoms with Crippen LogP contribution in [0.5, 0.6) is 0 Å². The van der Waals surface area contributed by atoms with Crippen LogP contribution in [0.1, 0.15) is 31.9 Å². The molecule has 1 aliphatic heterocycles. The van der Waals surface area contributed by atoms with Gasteiger partial charge in [-0.2, -0.15) is 5.10 Å². The van der Waals surface area contributed by atoms with Crippen molar-refractivity contribution in [1.29, 1.82) is 0 Å². The molecule has 21 heavy (non-hydrogen) atoms. The summed E-state index contributed by atoms with van der Waals surface area (Å²) >= 11 is 0. The molecule has 0 saturated carbocycles. The van der Waals surface area contributed by atoms with E-state index in [0.717, 1.165) is 30.1 Å². The normalized spacial score (nSPS) is 18.1. The highest BCUT2D eigenvalue weighted by molar-refractivity contribution is 5.76. The summed E-state index contributed by atoms with van der Waals surface area (Å²) in [4.78, 5) is 18.2. The summed E-state index contributed by atoms with van der Waals surface area (Å²) in [6.45, 7) is 5.36. The first kappa shape index (κ1) is 13.9. The van der Waals surface area contributed by atoms with E-state index in [9.17, 15) is 9.90 Å². The van der Waals surface area contributed by atoms with Crippen molar-refractivity contribution in [1.82, 2.24) is 14.6 Å². The third-order valence-corrected chi connectivity index (χ3v) is 4.64. The van der Waals surface area contributed by atoms with Crippen LogP contribution < -0.4 is 4.90 Å². The van der Waals surface area contributed by atoms with Gasteiger partial charge in [-0.1, -0.05) is 6.92 Å². The van der Waals surface area contributed by atoms with Gasteiger partial charge in [0.2, 0.25) is 0 Å². The summed E-state index contributed by atoms with van der Waals surface area (Å²) < 4.78 is 1.83. The average Bonchev–Trinajstić information content (AvgIpc) is 2.87. The van der Waals surface area contributed by atoms with Crippen LogP contribution in [0.4, 0.5) is 5.82 Å². The first-order valence-electron chi connectivity index (χ1n) is 7.35. The van der Waals surface area contributed by atoms with E-state index in [1.165, 1.54) is 0 Å². The van der Waals surface area contributed by atoms with E-state index >= 15 is 0 Å². The van der Waals surface area contributed by atoms with Gasteiger partial charge in [0.1, 0.15) is 5.52 Å². The van der Waals surface area contributed by atoms with Crippen molar-refractivity contribution in [3.05, 3.63) is 24.2 Å². The second-order valence-corrected chi connectivity index (χ2v) is 5.79. The number of carbonyl (C=O) groups is 1. The van der Waals surface area contributed by atoms with Crippen molar-refractivity contribution < 1.29 is 9.90 Å². The Morgan fingerprint density at radius 3 is 2.76 bits per heavy atom. The fourth-order valence-electron chi connectivity index (χ4n) is 3.14. The van der Waals surface area contributed by atoms with Crippen molar-refractivity contribution in [2.45, 2.75) is 33.1 Å². The molecule has 0 unspecified atom stereocenters. The zero-order valence-corrected chi connectivity index (χ0v) is 12.4. The molecule has 1 fully saturated rings. The van der Waals surface area contributed by atoms with Crippen LogP contribution in [-0.2, 0) is 4.79 Å². The fraction of sp³-hybridized carbons (Fsp3) is 0.533. The lowest BCUT2D eigenvalue weighted by Crippen LogP contribution is -2.44. The van der Waals surface area contributed by atoms with Crippen molar-refractivity contribution in [2.24, 2.45) is 5.41 Å². The number of nitrogens with zero attached hydrogens (tertiary/aromatic N) is 4. The molecule has 2 aromatic heterocycles. The van der Waals surface area contributed by atoms with Gasteiger partial charge in [-0.3, -0.25) is 4.79 Å². The molecule has 0 aromatic carbocycles. The second kappa shape index (κ2) is 5.02. The number of fused-ring (bicyclic) bond motifs is 1. The Morgan fingerprint density at radius 1 is 1.43 bits per heavy atom. The predicted molar refractivity (Wildman–Crippen MR) is 79.5 cm³/mol. The Morgan fingerprint density at radius 2 is 2.14 bits per heavy atom. The Bertz CT molecular complexity index is 671. The van der Waals surface area contributed by atoms with Crippen LogP contribution in [0.15, 0.2) is 18.5 Å². The summed E-state index contributed by atoms with van der Waals surface area (Å²) in [5, 5.41) is 13.9. The highest BCUT2D eigenvalue weighted by atomic mass is 16.4. The number of hydrogen-bond donors (Lipinski definition) is 1. The first-order valence-corrected chi connectivity index (χ1v) is 7.35. The van der Waals surface area contributed by atoms with E-state index in [-0.39, 0.29) is 0 Å². The average molecular weight is 288 g/mol. The van der Waals surface area contributed by atoms with Crippen LogP contribution >= 0.6 is 0 Å². The number of carboxylic acids is 1. The maximum atomic E-state index is 11.5. The highest BCUT2D eigenvalue weighted by Gasteiger charge is 2.40. The maximum absolute atomic E-state index is 11.5. The summed E-state index contributed by atoms with van der Waals surface area (Å²) in [6.07, 6.45) is 5.58. The molecule has 2 aromatic rings. The molecule has 6 nitrogen and oxygen atoms in total. The summed E-state index contributed by atoms with van der Waals surface area (Å²) in [6, 6.07) is 2.02. The van der Waals surface area contributed by atoms with Gasteiger partial charge in [0, 0.05) is 25.5 Å². The quantitative estimate of drug-likeness (QED) is 0.936. The molecule has 1 N–H and O–H groups in total. The van der Waals surface area contributed by atoms with Gasteiger partial charge in [-0.25, -0.2) is 9.50 Å². The van der Waals surface area contributed by atoms with Gasteiger partial charge in [0.05, 0.1) is 11.1 Å². The standard InChI is InChI=1S/C15H20N4O2/c1-3-15(14(20)21)4-7-18(8-5-15)13-12-10-11(2)17-19(12)9-6-16-13/h6,9-10H,3-5,7-8H2,1-2H3,(H,20,21). The van der Waals surface area contributed by atoms with Gasteiger partial charge in [-0.15, -0.1) is 0 Å². The van der Waals surface area contributed by atoms with E-state index in [4.69, 9.17) is 0 Å². The largest absolute Gasteiger partial charge is 0.481 e. The van der Waals surface area contributed by atoms with Crippen LogP contribution in [0.2, 0.25) is 0 Å². The summed E-state index contributed by atoms with van der Waals surface area (Å²) in [7, 11) is 0. The van der Waals surface area contributed by atoms with Gasteiger partial charge < -0.3 is 10.0 Å². The lowest BCUT2D eigenvalue weighted by Gasteiger charge is -2.38. The minimum absolute atomic E-state index is 0.572. The molecule has 3 heterocycles. The van der Waals surface area contributed by atoms with Gasteiger partial charge in [0.15, 0.2) is 5.82 Å². The fourth-order valence-corrected chi connectivity index (χ4v) is 3.14. The Hall–Kier alpha value is -2.11. The van der Waals surface area contributed by atoms with Gasteiger partial charge in [0.25, 0.3) is 0 Å². The number of aromatic nitrogens is 3. The van der Waals surface area contributed by atoms with Crippen molar-refractivity contribution >= 4 is 17.3 Å². The van der Waals surface area contributed by atoms with Gasteiger partial charge in [-0.05, 0) is 32.3 Å². The molecule has 0 aliphatic carbocycles. The SMILES string of the molecule is CCC1(C(=O)O)CCN(c2nccn3nc(C)cc23)CC1. The summed E-state index contributed by atoms with van der Waals surface area (Å²) in [5.74, 6) is 0.226. The lowest BCUT2D eigenvalue weighted by molar-refractivity contribution is -0.150. The highest BCUT2D eigenvalue weighted by Crippen LogP contribution is 2.37. The molecular formula is C15H20N4O2. The number of aryl methyl sites for hydroxylation is 1. The maximum Gasteiger partial charge on any atom is 0.309 e. The predicted octanol–water partition coefficient (Wildman–Crippen LogP) is 2.12. The molecular weight excluding hydrogens is 268 g/mol. The van der Waals surface area contributed by atoms with Crippen molar-refractivity contribution in [3.63, 3.8) is 0 Å². The number of aliphatic carboxylic acids is 1. The monoisotopic (exact) mass is 288 g/mol. The van der Waals surface area contributed by atoms with E-state index < -0.39 is 11.4 Å². The Kier molecular flexibility index (Phi) is 3.31. The molecule has 1 saturated heterocycles. The summed E-state index contributed by atoms with van der Waals surface area (Å²) in [5.41, 5.74) is 1.36. The van der Waals surface area contributed by atoms with Crippen molar-refractivity contribution in [3.8, 4) is 0 Å². The molecule has 0 radical (unpaired) electrons. The molecule has 1 aliphatic rings. The molecule has 0 amide bonds. The lowest BCUT2D eigenvalue weighted by atomic mass is 9.76. The van der Waals surface area contributed by atoms with Crippen LogP contribution in [0.25, 0.3) is 5.52 Å². The van der Waals surface area contributed by atoms with Gasteiger partial charge >= 0.3 is 5.97 Å². The number of rotatable bonds is 3. The van der Waals surface area contributed by atoms with E-state index in [1.807, 2.05) is 30.6 Å². The number of anilines is 1. The Labute approximate surface area is 123 Å². The molecule has 3 rings (SSSR count). The van der Waals surface area contributed by atoms with Crippen LogP contribution in [0, 0.1) is 12.3 Å². The third-order valence-electron chi connectivity index (χ3n) is 4.64. The minimum atomic E-state index is -0.670. The smallest absolute Gasteiger partial charge is 0.309 e. The van der Waals surface area contributed by atoms with Crippen molar-refractivity contribution in [2.75, 3.05) is 18.0 Å². The molecule has 0 spiro atoms. The van der Waals surface area contributed by atoms with E-state index in [0.29, 0.717) is 19.3 Å². The molecule has 112 valence electrons. The number of piperidine rings is 1. The third kappa shape index (κ3) is 2.24. The zero-order valence-electron chi connectivity index (χ0n) is 12.4. The number of carboxylic acid groups (broad SMARTS) is 1. The van der Waals surface area contributed by atoms with E-state index in [1.54, 1.807) is 6.20 Å². The number of hydrogen-bond acceptors (Lipinski definition) is 4. The van der Waals surface area contributed by atoms with Crippen LogP contribution in [0.3, 0.4) is 0 Å². The topological polar surface area (TPSA) is 70.7 Å². The van der Waals surface area contributed by atoms with E-state index in [2.05, 4.69) is 15.0 Å². The molecule has 0 bridgehead atoms. The first-order chi connectivity index (χ1) is 10.1. The second-order valence-electron chi connectivity index (χ2n) is 5.79. The molecule has 0 atom stereocenters.